The highest BCUT2D eigenvalue weighted by Crippen LogP contribution is 2.74. The van der Waals surface area contributed by atoms with Gasteiger partial charge >= 0.3 is 0 Å². The highest BCUT2D eigenvalue weighted by atomic mass is 32.2. The average molecular weight is 525 g/mol. The summed E-state index contributed by atoms with van der Waals surface area (Å²) in [6.07, 6.45) is 16.9. The highest BCUT2D eigenvalue weighted by Gasteiger charge is 2.66. The van der Waals surface area contributed by atoms with Crippen molar-refractivity contribution in [2.24, 2.45) is 56.7 Å². The first-order chi connectivity index (χ1) is 17.0. The van der Waals surface area contributed by atoms with Crippen LogP contribution in [0, 0.1) is 56.7 Å². The van der Waals surface area contributed by atoms with Crippen LogP contribution in [0.3, 0.4) is 0 Å². The molecule has 0 aromatic rings. The largest absolute Gasteiger partial charge is 0.128 e. The third kappa shape index (κ3) is 4.48. The lowest BCUT2D eigenvalue weighted by atomic mass is 9.34. The van der Waals surface area contributed by atoms with Crippen LogP contribution in [0.2, 0.25) is 0 Å². The van der Waals surface area contributed by atoms with Crippen molar-refractivity contribution < 1.29 is 0 Å². The van der Waals surface area contributed by atoms with E-state index in [-0.39, 0.29) is 0 Å². The Bertz CT molecular complexity index is 919. The molecule has 0 saturated heterocycles. The lowest BCUT2D eigenvalue weighted by Gasteiger charge is -2.71. The van der Waals surface area contributed by atoms with E-state index < -0.39 is 0 Å². The molecule has 8 atom stereocenters. The van der Waals surface area contributed by atoms with Crippen molar-refractivity contribution in [1.82, 2.24) is 0 Å². The van der Waals surface area contributed by atoms with E-state index in [9.17, 15) is 0 Å². The molecular weight excluding hydrogens is 464 g/mol. The standard InChI is InChI=1S/C36H60S/c1-13-14-28-29(17-20-34(10)19-16-27(23-30(28)34)26(5)37-24(2)3)35(11)22-18-31-32(6,7)25(4)15-21-36(31,12)33(35,8)9/h13-14,24-25,27,29-31H,1,5,15-23H2,2-4,6-12H3/b28-14+. The summed E-state index contributed by atoms with van der Waals surface area (Å²) in [7, 11) is 0. The van der Waals surface area contributed by atoms with Crippen molar-refractivity contribution in [3.63, 3.8) is 0 Å². The fraction of sp³-hybridized carbons (Fsp3) is 0.833. The van der Waals surface area contributed by atoms with Crippen LogP contribution < -0.4 is 0 Å². The van der Waals surface area contributed by atoms with Gasteiger partial charge < -0.3 is 0 Å². The van der Waals surface area contributed by atoms with Crippen molar-refractivity contribution in [3.05, 3.63) is 35.8 Å². The van der Waals surface area contributed by atoms with Gasteiger partial charge in [-0.1, -0.05) is 100 Å². The lowest BCUT2D eigenvalue weighted by molar-refractivity contribution is -0.208. The van der Waals surface area contributed by atoms with Crippen molar-refractivity contribution >= 4 is 11.8 Å². The van der Waals surface area contributed by atoms with Crippen molar-refractivity contribution in [1.29, 1.82) is 0 Å². The number of hydrogen-bond acceptors (Lipinski definition) is 1. The molecule has 4 fully saturated rings. The second-order valence-electron chi connectivity index (χ2n) is 16.1. The molecule has 0 radical (unpaired) electrons. The SMILES string of the molecule is C=C/C=C1/C2CC(C(=C)SC(C)C)CCC2(C)CCC1C1(C)CCC2C(C)(C)C(C)CCC2(C)C1(C)C. The first kappa shape index (κ1) is 29.6. The fourth-order valence-electron chi connectivity index (χ4n) is 10.5. The van der Waals surface area contributed by atoms with Crippen molar-refractivity contribution in [3.8, 4) is 0 Å². The molecule has 4 aliphatic carbocycles. The van der Waals surface area contributed by atoms with E-state index in [1.165, 1.54) is 62.7 Å². The summed E-state index contributed by atoms with van der Waals surface area (Å²) >= 11 is 2.02. The zero-order valence-electron chi connectivity index (χ0n) is 26.3. The zero-order chi connectivity index (χ0) is 27.6. The quantitative estimate of drug-likeness (QED) is 0.344. The molecular formula is C36H60S. The van der Waals surface area contributed by atoms with E-state index in [2.05, 4.69) is 94.5 Å². The molecule has 4 saturated carbocycles. The van der Waals surface area contributed by atoms with Gasteiger partial charge in [-0.25, -0.2) is 0 Å². The number of rotatable bonds is 5. The second-order valence-corrected chi connectivity index (χ2v) is 17.8. The van der Waals surface area contributed by atoms with Crippen LogP contribution in [0.4, 0.5) is 0 Å². The molecule has 0 aromatic carbocycles. The molecule has 0 aliphatic heterocycles. The Kier molecular flexibility index (Phi) is 7.90. The molecule has 0 heterocycles. The lowest BCUT2D eigenvalue weighted by Crippen LogP contribution is -2.63. The van der Waals surface area contributed by atoms with Crippen LogP contribution in [0.15, 0.2) is 35.8 Å². The first-order valence-electron chi connectivity index (χ1n) is 15.7. The number of allylic oxidation sites excluding steroid dienone is 4. The Labute approximate surface area is 236 Å². The summed E-state index contributed by atoms with van der Waals surface area (Å²) in [6, 6.07) is 0. The third-order valence-electron chi connectivity index (χ3n) is 14.0. The van der Waals surface area contributed by atoms with Gasteiger partial charge in [0.15, 0.2) is 0 Å². The maximum Gasteiger partial charge on any atom is 0.00344 e. The fourth-order valence-corrected chi connectivity index (χ4v) is 11.5. The van der Waals surface area contributed by atoms with Gasteiger partial charge in [0.1, 0.15) is 0 Å². The van der Waals surface area contributed by atoms with Gasteiger partial charge in [-0.15, -0.1) is 11.8 Å². The van der Waals surface area contributed by atoms with E-state index >= 15 is 0 Å². The predicted octanol–water partition coefficient (Wildman–Crippen LogP) is 11.5. The van der Waals surface area contributed by atoms with Crippen LogP contribution in [0.25, 0.3) is 0 Å². The maximum absolute atomic E-state index is 4.59. The Morgan fingerprint density at radius 3 is 2.11 bits per heavy atom. The molecule has 1 heteroatoms. The Morgan fingerprint density at radius 2 is 1.49 bits per heavy atom. The average Bonchev–Trinajstić information content (AvgIpc) is 2.79. The van der Waals surface area contributed by atoms with Gasteiger partial charge in [0, 0.05) is 5.25 Å². The Hall–Kier alpha value is -0.430. The maximum atomic E-state index is 4.59. The number of fused-ring (bicyclic) bond motifs is 2. The molecule has 37 heavy (non-hydrogen) atoms. The summed E-state index contributed by atoms with van der Waals surface area (Å²) in [4.78, 5) is 1.44. The predicted molar refractivity (Wildman–Crippen MR) is 167 cm³/mol. The molecule has 0 bridgehead atoms. The van der Waals surface area contributed by atoms with E-state index in [4.69, 9.17) is 0 Å². The normalized spacial score (nSPS) is 46.2. The second kappa shape index (κ2) is 9.89. The summed E-state index contributed by atoms with van der Waals surface area (Å²) in [5.41, 5.74) is 3.65. The summed E-state index contributed by atoms with van der Waals surface area (Å²) in [5.74, 6) is 3.65. The smallest absolute Gasteiger partial charge is 0.00344 e. The molecule has 0 aromatic heterocycles. The Morgan fingerprint density at radius 1 is 0.865 bits per heavy atom. The van der Waals surface area contributed by atoms with Gasteiger partial charge in [-0.2, -0.15) is 0 Å². The molecule has 0 N–H and O–H groups in total. The zero-order valence-corrected chi connectivity index (χ0v) is 27.1. The number of thioether (sulfide) groups is 1. The van der Waals surface area contributed by atoms with E-state index in [0.717, 1.165) is 11.8 Å². The monoisotopic (exact) mass is 524 g/mol. The first-order valence-corrected chi connectivity index (χ1v) is 16.6. The third-order valence-corrected chi connectivity index (χ3v) is 15.1. The highest BCUT2D eigenvalue weighted by molar-refractivity contribution is 8.03. The topological polar surface area (TPSA) is 0 Å². The van der Waals surface area contributed by atoms with E-state index in [0.29, 0.717) is 50.1 Å². The minimum atomic E-state index is 0.296. The summed E-state index contributed by atoms with van der Waals surface area (Å²) in [6.45, 7) is 34.6. The van der Waals surface area contributed by atoms with E-state index in [1.54, 1.807) is 5.57 Å². The van der Waals surface area contributed by atoms with Crippen molar-refractivity contribution in [2.75, 3.05) is 0 Å². The van der Waals surface area contributed by atoms with Crippen LogP contribution in [-0.4, -0.2) is 5.25 Å². The molecule has 4 rings (SSSR count). The minimum absolute atomic E-state index is 0.296. The van der Waals surface area contributed by atoms with Gasteiger partial charge in [0.2, 0.25) is 0 Å². The van der Waals surface area contributed by atoms with Crippen LogP contribution in [-0.2, 0) is 0 Å². The van der Waals surface area contributed by atoms with Gasteiger partial charge in [-0.05, 0) is 119 Å². The molecule has 4 aliphatic rings. The van der Waals surface area contributed by atoms with Gasteiger partial charge in [0.05, 0.1) is 0 Å². The molecule has 0 spiro atoms. The van der Waals surface area contributed by atoms with Crippen molar-refractivity contribution in [2.45, 2.75) is 132 Å². The number of hydrogen-bond donors (Lipinski definition) is 0. The van der Waals surface area contributed by atoms with Gasteiger partial charge in [0.25, 0.3) is 0 Å². The van der Waals surface area contributed by atoms with Crippen LogP contribution in [0.5, 0.6) is 0 Å². The summed E-state index contributed by atoms with van der Waals surface area (Å²) in [5, 5.41) is 0.626. The minimum Gasteiger partial charge on any atom is -0.128 e. The van der Waals surface area contributed by atoms with E-state index in [1.807, 2.05) is 11.8 Å². The summed E-state index contributed by atoms with van der Waals surface area (Å²) < 4.78 is 0. The van der Waals surface area contributed by atoms with Crippen LogP contribution in [0.1, 0.15) is 127 Å². The molecule has 210 valence electrons. The van der Waals surface area contributed by atoms with Crippen LogP contribution >= 0.6 is 11.8 Å². The Balaban J connectivity index is 1.71. The molecule has 0 nitrogen and oxygen atoms in total. The van der Waals surface area contributed by atoms with Gasteiger partial charge in [-0.3, -0.25) is 0 Å². The molecule has 8 unspecified atom stereocenters. The molecule has 0 amide bonds.